The van der Waals surface area contributed by atoms with Crippen LogP contribution in [0.4, 0.5) is 0 Å². The van der Waals surface area contributed by atoms with Gasteiger partial charge in [0.2, 0.25) is 0 Å². The van der Waals surface area contributed by atoms with Crippen molar-refractivity contribution in [2.45, 2.75) is 0 Å². The van der Waals surface area contributed by atoms with Gasteiger partial charge in [0, 0.05) is 7.11 Å². The van der Waals surface area contributed by atoms with Gasteiger partial charge in [0.15, 0.2) is 0 Å². The van der Waals surface area contributed by atoms with E-state index in [1.54, 1.807) is 7.11 Å². The second-order valence-corrected chi connectivity index (χ2v) is 1.22. The minimum atomic E-state index is 0. The fourth-order valence-corrected chi connectivity index (χ4v) is 0. The van der Waals surface area contributed by atoms with Crippen molar-refractivity contribution >= 4 is 61.9 Å². The van der Waals surface area contributed by atoms with E-state index in [-0.39, 0.29) is 51.4 Å². The molecule has 3 heteroatoms. The average molecular weight is 102 g/mol. The normalized spacial score (nSPS) is 5.25. The number of hydrogen-bond acceptors (Lipinski definition) is 1. The topological polar surface area (TPSA) is 9.23 Å². The molecule has 0 saturated carbocycles. The van der Waals surface area contributed by atoms with Crippen LogP contribution in [0.5, 0.6) is 0 Å². The van der Waals surface area contributed by atoms with Gasteiger partial charge in [-0.05, 0) is 0 Å². The van der Waals surface area contributed by atoms with E-state index in [1.807, 2.05) is 0 Å². The van der Waals surface area contributed by atoms with Gasteiger partial charge in [-0.15, -0.1) is 0 Å². The van der Waals surface area contributed by atoms with Gasteiger partial charge in [-0.1, -0.05) is 0 Å². The molecule has 0 atom stereocenters. The molecule has 0 unspecified atom stereocenters. The number of hydrogen-bond donors (Lipinski definition) is 0. The molecule has 0 aromatic heterocycles. The first-order chi connectivity index (χ1) is 1.41. The summed E-state index contributed by atoms with van der Waals surface area (Å²) >= 11 is 0. The maximum absolute atomic E-state index is 4.39. The van der Waals surface area contributed by atoms with Crippen molar-refractivity contribution in [3.63, 3.8) is 0 Å². The fraction of sp³-hybridized carbons (Fsp3) is 1.00. The summed E-state index contributed by atoms with van der Waals surface area (Å²) in [7, 11) is 2.56. The van der Waals surface area contributed by atoms with E-state index >= 15 is 0 Å². The van der Waals surface area contributed by atoms with E-state index in [4.69, 9.17) is 0 Å². The van der Waals surface area contributed by atoms with Crippen molar-refractivity contribution in [1.29, 1.82) is 0 Å². The van der Waals surface area contributed by atoms with Crippen LogP contribution in [-0.4, -0.2) is 69.0 Å². The predicted molar refractivity (Wildman–Crippen MR) is 24.1 cm³/mol. The van der Waals surface area contributed by atoms with Crippen LogP contribution in [0.15, 0.2) is 0 Å². The van der Waals surface area contributed by atoms with Gasteiger partial charge >= 0.3 is 51.4 Å². The van der Waals surface area contributed by atoms with Gasteiger partial charge in [-0.3, -0.25) is 0 Å². The molecule has 0 heterocycles. The Balaban J connectivity index is 0. The van der Waals surface area contributed by atoms with Crippen LogP contribution in [-0.2, 0) is 4.43 Å². The van der Waals surface area contributed by atoms with E-state index in [1.165, 1.54) is 0 Å². The molecule has 0 aliphatic rings. The summed E-state index contributed by atoms with van der Waals surface area (Å²) in [5, 5.41) is 0. The quantitative estimate of drug-likeness (QED) is 0.330. The van der Waals surface area contributed by atoms with Crippen molar-refractivity contribution in [2.75, 3.05) is 7.11 Å². The zero-order valence-electron chi connectivity index (χ0n) is 2.41. The standard InChI is InChI=1S/CH6OSi.K.H/c1-2-3;;/h1,3H3;;. The Hall–Kier alpha value is 1.81. The molecule has 0 aliphatic heterocycles. The average Bonchev–Trinajstić information content (AvgIpc) is 0.918. The predicted octanol–water partition coefficient (Wildman–Crippen LogP) is -1.74. The van der Waals surface area contributed by atoms with E-state index < -0.39 is 0 Å². The van der Waals surface area contributed by atoms with Gasteiger partial charge in [0.1, 0.15) is 10.5 Å². The Labute approximate surface area is 72.1 Å². The Morgan fingerprint density at radius 3 is 1.75 bits per heavy atom. The SMILES string of the molecule is CO[SiH3].[KH]. The Bertz CT molecular complexity index is 8.00. The molecule has 0 bridgehead atoms. The fourth-order valence-electron chi connectivity index (χ4n) is 0. The van der Waals surface area contributed by atoms with Crippen LogP contribution in [0.3, 0.4) is 0 Å². The molecular formula is CH7KOSi. The van der Waals surface area contributed by atoms with Crippen molar-refractivity contribution in [2.24, 2.45) is 0 Å². The zero-order chi connectivity index (χ0) is 2.71. The minimum absolute atomic E-state index is 0. The number of rotatable bonds is 0. The molecule has 1 nitrogen and oxygen atoms in total. The van der Waals surface area contributed by atoms with Gasteiger partial charge in [-0.2, -0.15) is 0 Å². The van der Waals surface area contributed by atoms with Gasteiger partial charge in [-0.25, -0.2) is 0 Å². The summed E-state index contributed by atoms with van der Waals surface area (Å²) < 4.78 is 4.39. The first-order valence-corrected chi connectivity index (χ1v) is 1.63. The molecule has 0 amide bonds. The van der Waals surface area contributed by atoms with Gasteiger partial charge in [0.05, 0.1) is 0 Å². The van der Waals surface area contributed by atoms with E-state index in [0.29, 0.717) is 0 Å². The summed E-state index contributed by atoms with van der Waals surface area (Å²) in [4.78, 5) is 0. The first-order valence-electron chi connectivity index (χ1n) is 0.816. The van der Waals surface area contributed by atoms with Crippen molar-refractivity contribution in [1.82, 2.24) is 0 Å². The maximum atomic E-state index is 4.39. The summed E-state index contributed by atoms with van der Waals surface area (Å²) in [6, 6.07) is 0. The zero-order valence-corrected chi connectivity index (χ0v) is 4.41. The van der Waals surface area contributed by atoms with E-state index in [9.17, 15) is 0 Å². The second kappa shape index (κ2) is 8.84. The molecule has 0 aliphatic carbocycles. The van der Waals surface area contributed by atoms with Gasteiger partial charge in [0.25, 0.3) is 0 Å². The molecule has 0 saturated heterocycles. The van der Waals surface area contributed by atoms with Crippen LogP contribution < -0.4 is 0 Å². The summed E-state index contributed by atoms with van der Waals surface area (Å²) in [5.41, 5.74) is 0. The molecule has 0 aromatic carbocycles. The summed E-state index contributed by atoms with van der Waals surface area (Å²) in [5.74, 6) is 0. The van der Waals surface area contributed by atoms with Crippen LogP contribution in [0, 0.1) is 0 Å². The molecule has 0 N–H and O–H groups in total. The molecule has 0 radical (unpaired) electrons. The first kappa shape index (κ1) is 9.26. The van der Waals surface area contributed by atoms with Crippen LogP contribution in [0.1, 0.15) is 0 Å². The molecule has 0 aromatic rings. The molecule has 0 spiro atoms. The third kappa shape index (κ3) is 9.18. The van der Waals surface area contributed by atoms with Gasteiger partial charge < -0.3 is 4.43 Å². The molecule has 0 rings (SSSR count). The van der Waals surface area contributed by atoms with Crippen molar-refractivity contribution < 1.29 is 4.43 Å². The second-order valence-electron chi connectivity index (χ2n) is 0.408. The van der Waals surface area contributed by atoms with E-state index in [2.05, 4.69) is 4.43 Å². The molecule has 4 heavy (non-hydrogen) atoms. The Morgan fingerprint density at radius 1 is 1.75 bits per heavy atom. The third-order valence-electron chi connectivity index (χ3n) is 0. The Morgan fingerprint density at radius 2 is 1.75 bits per heavy atom. The molecule has 0 fully saturated rings. The van der Waals surface area contributed by atoms with Crippen LogP contribution >= 0.6 is 0 Å². The summed E-state index contributed by atoms with van der Waals surface area (Å²) in [6.45, 7) is 0. The van der Waals surface area contributed by atoms with Crippen molar-refractivity contribution in [3.8, 4) is 0 Å². The molecular weight excluding hydrogens is 95.2 g/mol. The van der Waals surface area contributed by atoms with Crippen LogP contribution in [0.25, 0.3) is 0 Å². The molecule has 22 valence electrons. The Kier molecular flexibility index (Phi) is 20.5. The van der Waals surface area contributed by atoms with E-state index in [0.717, 1.165) is 10.5 Å². The van der Waals surface area contributed by atoms with Crippen molar-refractivity contribution in [3.05, 3.63) is 0 Å². The monoisotopic (exact) mass is 102 g/mol. The van der Waals surface area contributed by atoms with Crippen LogP contribution in [0.2, 0.25) is 0 Å². The third-order valence-corrected chi connectivity index (χ3v) is 0. The summed E-state index contributed by atoms with van der Waals surface area (Å²) in [6.07, 6.45) is 0.